The predicted octanol–water partition coefficient (Wildman–Crippen LogP) is 5.11. The molecule has 0 aromatic heterocycles. The summed E-state index contributed by atoms with van der Waals surface area (Å²) in [4.78, 5) is 0. The zero-order chi connectivity index (χ0) is 12.8. The van der Waals surface area contributed by atoms with Gasteiger partial charge in [0.1, 0.15) is 11.5 Å². The molecule has 0 aliphatic heterocycles. The van der Waals surface area contributed by atoms with Gasteiger partial charge in [-0.25, -0.2) is 0 Å². The van der Waals surface area contributed by atoms with Crippen molar-refractivity contribution >= 4 is 5.57 Å². The normalized spacial score (nSPS) is 11.3. The average molecular weight is 237 g/mol. The second-order valence-corrected chi connectivity index (χ2v) is 4.12. The topological polar surface area (TPSA) is 9.23 Å². The molecule has 2 aromatic rings. The summed E-state index contributed by atoms with van der Waals surface area (Å²) in [6.45, 7) is 5.92. The number of rotatable bonds is 4. The molecule has 0 spiro atoms. The number of para-hydroxylation sites is 1. The molecule has 1 nitrogen and oxygen atoms in total. The highest BCUT2D eigenvalue weighted by Crippen LogP contribution is 2.23. The fourth-order valence-corrected chi connectivity index (χ4v) is 1.74. The Hall–Kier alpha value is -2.02. The summed E-state index contributed by atoms with van der Waals surface area (Å²) < 4.78 is 5.74. The maximum atomic E-state index is 5.74. The van der Waals surface area contributed by atoms with Gasteiger partial charge in [-0.1, -0.05) is 36.4 Å². The Kier molecular flexibility index (Phi) is 4.19. The molecule has 0 saturated heterocycles. The number of hydrogen-bond acceptors (Lipinski definition) is 1. The van der Waals surface area contributed by atoms with Gasteiger partial charge in [-0.05, 0) is 55.7 Å². The monoisotopic (exact) mass is 237 g/mol. The van der Waals surface area contributed by atoms with Gasteiger partial charge in [-0.15, -0.1) is 0 Å². The van der Waals surface area contributed by atoms with Crippen LogP contribution in [0.3, 0.4) is 0 Å². The highest BCUT2D eigenvalue weighted by Gasteiger charge is 1.98. The van der Waals surface area contributed by atoms with Crippen LogP contribution in [0.25, 0.3) is 5.57 Å². The third-order valence-electron chi connectivity index (χ3n) is 2.74. The first-order valence-corrected chi connectivity index (χ1v) is 6.09. The minimum absolute atomic E-state index is 0.814. The highest BCUT2D eigenvalue weighted by molar-refractivity contribution is 5.64. The molecule has 0 unspecified atom stereocenters. The molecular formula is C17H17O. The molecule has 0 amide bonds. The van der Waals surface area contributed by atoms with E-state index in [4.69, 9.17) is 4.74 Å². The van der Waals surface area contributed by atoms with Crippen LogP contribution >= 0.6 is 0 Å². The highest BCUT2D eigenvalue weighted by atomic mass is 16.5. The summed E-state index contributed by atoms with van der Waals surface area (Å²) in [6, 6.07) is 17.9. The standard InChI is InChI=1S/C17H17O/c1-3-7-14(2)15-10-12-17(13-11-15)18-16-8-5-4-6-9-16/h4-13H,1,3H2,2H3. The van der Waals surface area contributed by atoms with Gasteiger partial charge in [0, 0.05) is 0 Å². The van der Waals surface area contributed by atoms with Crippen LogP contribution in [0.4, 0.5) is 0 Å². The minimum atomic E-state index is 0.814. The average Bonchev–Trinajstić information content (AvgIpc) is 2.41. The Morgan fingerprint density at radius 1 is 1.00 bits per heavy atom. The van der Waals surface area contributed by atoms with E-state index in [1.54, 1.807) is 0 Å². The fraction of sp³-hybridized carbons (Fsp3) is 0.118. The van der Waals surface area contributed by atoms with Crippen molar-refractivity contribution in [1.82, 2.24) is 0 Å². The van der Waals surface area contributed by atoms with Gasteiger partial charge in [-0.2, -0.15) is 0 Å². The zero-order valence-corrected chi connectivity index (χ0v) is 10.6. The molecule has 0 atom stereocenters. The van der Waals surface area contributed by atoms with Crippen LogP contribution in [-0.2, 0) is 0 Å². The second kappa shape index (κ2) is 6.06. The molecule has 2 rings (SSSR count). The predicted molar refractivity (Wildman–Crippen MR) is 76.6 cm³/mol. The van der Waals surface area contributed by atoms with Crippen molar-refractivity contribution in [2.75, 3.05) is 0 Å². The van der Waals surface area contributed by atoms with Crippen molar-refractivity contribution in [2.45, 2.75) is 13.3 Å². The Morgan fingerprint density at radius 2 is 1.61 bits per heavy atom. The van der Waals surface area contributed by atoms with Crippen molar-refractivity contribution in [1.29, 1.82) is 0 Å². The van der Waals surface area contributed by atoms with Gasteiger partial charge < -0.3 is 4.74 Å². The molecule has 0 saturated carbocycles. The van der Waals surface area contributed by atoms with Crippen molar-refractivity contribution in [3.63, 3.8) is 0 Å². The SMILES string of the molecule is [CH2]CC=C(C)c1ccc(Oc2ccccc2)cc1. The first kappa shape index (κ1) is 12.4. The number of allylic oxidation sites excluding steroid dienone is 2. The van der Waals surface area contributed by atoms with Crippen LogP contribution in [-0.4, -0.2) is 0 Å². The molecule has 0 heterocycles. The van der Waals surface area contributed by atoms with E-state index in [1.165, 1.54) is 11.1 Å². The first-order chi connectivity index (χ1) is 8.79. The van der Waals surface area contributed by atoms with Crippen molar-refractivity contribution in [3.05, 3.63) is 73.2 Å². The van der Waals surface area contributed by atoms with E-state index in [9.17, 15) is 0 Å². The van der Waals surface area contributed by atoms with Crippen LogP contribution < -0.4 is 4.74 Å². The lowest BCUT2D eigenvalue weighted by Crippen LogP contribution is -1.85. The maximum Gasteiger partial charge on any atom is 0.127 e. The van der Waals surface area contributed by atoms with E-state index < -0.39 is 0 Å². The molecule has 0 fully saturated rings. The largest absolute Gasteiger partial charge is 0.457 e. The lowest BCUT2D eigenvalue weighted by atomic mass is 10.1. The molecule has 0 aliphatic carbocycles. The Balaban J connectivity index is 2.11. The van der Waals surface area contributed by atoms with Gasteiger partial charge >= 0.3 is 0 Å². The van der Waals surface area contributed by atoms with E-state index >= 15 is 0 Å². The quantitative estimate of drug-likeness (QED) is 0.718. The molecule has 0 aliphatic rings. The lowest BCUT2D eigenvalue weighted by molar-refractivity contribution is 0.482. The molecular weight excluding hydrogens is 220 g/mol. The minimum Gasteiger partial charge on any atom is -0.457 e. The Morgan fingerprint density at radius 3 is 2.22 bits per heavy atom. The van der Waals surface area contributed by atoms with Crippen LogP contribution in [0.1, 0.15) is 18.9 Å². The fourth-order valence-electron chi connectivity index (χ4n) is 1.74. The van der Waals surface area contributed by atoms with E-state index in [-0.39, 0.29) is 0 Å². The van der Waals surface area contributed by atoms with Gasteiger partial charge in [0.2, 0.25) is 0 Å². The summed E-state index contributed by atoms with van der Waals surface area (Å²) >= 11 is 0. The summed E-state index contributed by atoms with van der Waals surface area (Å²) in [7, 11) is 0. The van der Waals surface area contributed by atoms with Crippen LogP contribution in [0, 0.1) is 6.92 Å². The molecule has 1 heteroatoms. The van der Waals surface area contributed by atoms with E-state index in [0.717, 1.165) is 17.9 Å². The molecule has 2 aromatic carbocycles. The zero-order valence-electron chi connectivity index (χ0n) is 10.6. The summed E-state index contributed by atoms with van der Waals surface area (Å²) in [5, 5.41) is 0. The Bertz CT molecular complexity index is 509. The third-order valence-corrected chi connectivity index (χ3v) is 2.74. The third kappa shape index (κ3) is 3.24. The van der Waals surface area contributed by atoms with Crippen molar-refractivity contribution < 1.29 is 4.74 Å². The van der Waals surface area contributed by atoms with Gasteiger partial charge in [0.05, 0.1) is 0 Å². The van der Waals surface area contributed by atoms with E-state index in [0.29, 0.717) is 0 Å². The summed E-state index contributed by atoms with van der Waals surface area (Å²) in [5.41, 5.74) is 2.45. The first-order valence-electron chi connectivity index (χ1n) is 6.09. The second-order valence-electron chi connectivity index (χ2n) is 4.12. The summed E-state index contributed by atoms with van der Waals surface area (Å²) in [6.07, 6.45) is 2.93. The summed E-state index contributed by atoms with van der Waals surface area (Å²) in [5.74, 6) is 1.71. The van der Waals surface area contributed by atoms with Crippen LogP contribution in [0.2, 0.25) is 0 Å². The molecule has 91 valence electrons. The van der Waals surface area contributed by atoms with Gasteiger partial charge in [-0.3, -0.25) is 0 Å². The Labute approximate surface area is 109 Å². The van der Waals surface area contributed by atoms with Gasteiger partial charge in [0.25, 0.3) is 0 Å². The van der Waals surface area contributed by atoms with E-state index in [2.05, 4.69) is 32.1 Å². The maximum absolute atomic E-state index is 5.74. The number of hydrogen-bond donors (Lipinski definition) is 0. The lowest BCUT2D eigenvalue weighted by Gasteiger charge is -2.07. The van der Waals surface area contributed by atoms with Gasteiger partial charge in [0.15, 0.2) is 0 Å². The molecule has 0 N–H and O–H groups in total. The number of ether oxygens (including phenoxy) is 1. The molecule has 1 radical (unpaired) electrons. The van der Waals surface area contributed by atoms with Crippen LogP contribution in [0.15, 0.2) is 60.7 Å². The molecule has 18 heavy (non-hydrogen) atoms. The molecule has 0 bridgehead atoms. The van der Waals surface area contributed by atoms with Crippen molar-refractivity contribution in [3.8, 4) is 11.5 Å². The smallest absolute Gasteiger partial charge is 0.127 e. The van der Waals surface area contributed by atoms with E-state index in [1.807, 2.05) is 42.5 Å². The van der Waals surface area contributed by atoms with Crippen molar-refractivity contribution in [2.24, 2.45) is 0 Å². The number of benzene rings is 2. The van der Waals surface area contributed by atoms with Crippen LogP contribution in [0.5, 0.6) is 11.5 Å².